The highest BCUT2D eigenvalue weighted by Gasteiger charge is 2.19. The molecule has 2 rings (SSSR count). The fraction of sp³-hybridized carbons (Fsp3) is 0.625. The van der Waals surface area contributed by atoms with E-state index in [9.17, 15) is 0 Å². The van der Waals surface area contributed by atoms with E-state index in [4.69, 9.17) is 0 Å². The molecule has 0 amide bonds. The maximum absolute atomic E-state index is 3.55. The standard InChI is InChI=1S/C16H24BrN/c1-3-15-7-5-4-6-10-18(15)16-9-8-14(12-17)13(2)11-16/h8-9,11,15H,3-7,10,12H2,1-2H3. The van der Waals surface area contributed by atoms with Crippen LogP contribution in [0.5, 0.6) is 0 Å². The molecular formula is C16H24BrN. The van der Waals surface area contributed by atoms with Gasteiger partial charge in [-0.05, 0) is 49.4 Å². The minimum Gasteiger partial charge on any atom is -0.369 e. The zero-order valence-electron chi connectivity index (χ0n) is 11.6. The number of nitrogens with zero attached hydrogens (tertiary/aromatic N) is 1. The second kappa shape index (κ2) is 6.60. The molecule has 1 saturated heterocycles. The highest BCUT2D eigenvalue weighted by Crippen LogP contribution is 2.28. The number of rotatable bonds is 3. The summed E-state index contributed by atoms with van der Waals surface area (Å²) in [6.45, 7) is 5.77. The van der Waals surface area contributed by atoms with Crippen molar-refractivity contribution >= 4 is 21.6 Å². The van der Waals surface area contributed by atoms with Gasteiger partial charge < -0.3 is 4.90 Å². The van der Waals surface area contributed by atoms with E-state index in [0.29, 0.717) is 0 Å². The topological polar surface area (TPSA) is 3.24 Å². The summed E-state index contributed by atoms with van der Waals surface area (Å²) in [5.74, 6) is 0. The van der Waals surface area contributed by atoms with Crippen LogP contribution in [0.2, 0.25) is 0 Å². The first-order valence-corrected chi connectivity index (χ1v) is 8.30. The number of hydrogen-bond acceptors (Lipinski definition) is 1. The fourth-order valence-corrected chi connectivity index (χ4v) is 3.58. The normalized spacial score (nSPS) is 20.8. The van der Waals surface area contributed by atoms with Crippen molar-refractivity contribution in [3.63, 3.8) is 0 Å². The first kappa shape index (κ1) is 13.9. The molecule has 1 aliphatic rings. The number of alkyl halides is 1. The van der Waals surface area contributed by atoms with Gasteiger partial charge in [0, 0.05) is 23.6 Å². The molecule has 1 heterocycles. The van der Waals surface area contributed by atoms with Crippen LogP contribution in [0.25, 0.3) is 0 Å². The Balaban J connectivity index is 2.24. The van der Waals surface area contributed by atoms with E-state index in [2.05, 4.69) is 52.9 Å². The number of benzene rings is 1. The monoisotopic (exact) mass is 309 g/mol. The van der Waals surface area contributed by atoms with Gasteiger partial charge in [0.05, 0.1) is 0 Å². The first-order chi connectivity index (χ1) is 8.76. The van der Waals surface area contributed by atoms with Crippen molar-refractivity contribution in [1.29, 1.82) is 0 Å². The molecule has 1 aromatic carbocycles. The van der Waals surface area contributed by atoms with Gasteiger partial charge in [-0.15, -0.1) is 0 Å². The average Bonchev–Trinajstić information content (AvgIpc) is 2.63. The molecule has 0 aromatic heterocycles. The molecule has 0 radical (unpaired) electrons. The van der Waals surface area contributed by atoms with Crippen LogP contribution in [0.4, 0.5) is 5.69 Å². The largest absolute Gasteiger partial charge is 0.369 e. The van der Waals surface area contributed by atoms with E-state index in [1.807, 2.05) is 0 Å². The van der Waals surface area contributed by atoms with Gasteiger partial charge in [0.15, 0.2) is 0 Å². The second-order valence-electron chi connectivity index (χ2n) is 5.35. The molecule has 0 saturated carbocycles. The third-order valence-corrected chi connectivity index (χ3v) is 4.75. The van der Waals surface area contributed by atoms with Gasteiger partial charge in [-0.3, -0.25) is 0 Å². The van der Waals surface area contributed by atoms with Gasteiger partial charge in [-0.1, -0.05) is 41.8 Å². The molecule has 1 fully saturated rings. The zero-order valence-corrected chi connectivity index (χ0v) is 13.2. The molecule has 1 nitrogen and oxygen atoms in total. The Labute approximate surface area is 120 Å². The van der Waals surface area contributed by atoms with Gasteiger partial charge in [-0.25, -0.2) is 0 Å². The van der Waals surface area contributed by atoms with E-state index in [1.54, 1.807) is 0 Å². The van der Waals surface area contributed by atoms with Crippen LogP contribution in [0.3, 0.4) is 0 Å². The zero-order chi connectivity index (χ0) is 13.0. The highest BCUT2D eigenvalue weighted by atomic mass is 79.9. The van der Waals surface area contributed by atoms with Crippen LogP contribution in [0.1, 0.15) is 50.2 Å². The van der Waals surface area contributed by atoms with E-state index in [-0.39, 0.29) is 0 Å². The minimum atomic E-state index is 0.738. The maximum Gasteiger partial charge on any atom is 0.0371 e. The summed E-state index contributed by atoms with van der Waals surface area (Å²) in [7, 11) is 0. The summed E-state index contributed by atoms with van der Waals surface area (Å²) in [6.07, 6.45) is 6.75. The lowest BCUT2D eigenvalue weighted by atomic mass is 10.0. The van der Waals surface area contributed by atoms with Gasteiger partial charge in [0.2, 0.25) is 0 Å². The lowest BCUT2D eigenvalue weighted by molar-refractivity contribution is 0.556. The van der Waals surface area contributed by atoms with Crippen molar-refractivity contribution in [3.05, 3.63) is 29.3 Å². The third-order valence-electron chi connectivity index (χ3n) is 4.15. The number of halogens is 1. The van der Waals surface area contributed by atoms with Crippen molar-refractivity contribution < 1.29 is 0 Å². The Kier molecular flexibility index (Phi) is 5.11. The maximum atomic E-state index is 3.55. The predicted octanol–water partition coefficient (Wildman–Crippen LogP) is 5.05. The first-order valence-electron chi connectivity index (χ1n) is 7.18. The Morgan fingerprint density at radius 1 is 1.28 bits per heavy atom. The number of hydrogen-bond donors (Lipinski definition) is 0. The third kappa shape index (κ3) is 3.09. The van der Waals surface area contributed by atoms with Crippen molar-refractivity contribution in [2.24, 2.45) is 0 Å². The number of aryl methyl sites for hydroxylation is 1. The van der Waals surface area contributed by atoms with Crippen LogP contribution in [-0.2, 0) is 5.33 Å². The molecule has 0 N–H and O–H groups in total. The lowest BCUT2D eigenvalue weighted by Gasteiger charge is -2.32. The molecular weight excluding hydrogens is 286 g/mol. The van der Waals surface area contributed by atoms with Crippen molar-refractivity contribution in [1.82, 2.24) is 0 Å². The van der Waals surface area contributed by atoms with Crippen LogP contribution >= 0.6 is 15.9 Å². The lowest BCUT2D eigenvalue weighted by Crippen LogP contribution is -2.34. The fourth-order valence-electron chi connectivity index (χ4n) is 2.95. The SMILES string of the molecule is CCC1CCCCCN1c1ccc(CBr)c(C)c1. The van der Waals surface area contributed by atoms with Gasteiger partial charge >= 0.3 is 0 Å². The van der Waals surface area contributed by atoms with Gasteiger partial charge in [-0.2, -0.15) is 0 Å². The molecule has 1 unspecified atom stereocenters. The van der Waals surface area contributed by atoms with Gasteiger partial charge in [0.1, 0.15) is 0 Å². The van der Waals surface area contributed by atoms with Crippen molar-refractivity contribution in [2.75, 3.05) is 11.4 Å². The minimum absolute atomic E-state index is 0.738. The van der Waals surface area contributed by atoms with Gasteiger partial charge in [0.25, 0.3) is 0 Å². The van der Waals surface area contributed by atoms with Crippen LogP contribution < -0.4 is 4.90 Å². The van der Waals surface area contributed by atoms with E-state index < -0.39 is 0 Å². The molecule has 0 spiro atoms. The summed E-state index contributed by atoms with van der Waals surface area (Å²) >= 11 is 3.55. The predicted molar refractivity (Wildman–Crippen MR) is 83.7 cm³/mol. The molecule has 100 valence electrons. The molecule has 1 aliphatic heterocycles. The van der Waals surface area contributed by atoms with E-state index >= 15 is 0 Å². The van der Waals surface area contributed by atoms with Crippen LogP contribution in [-0.4, -0.2) is 12.6 Å². The molecule has 0 aliphatic carbocycles. The van der Waals surface area contributed by atoms with E-state index in [0.717, 1.165) is 11.4 Å². The summed E-state index contributed by atoms with van der Waals surface area (Å²) in [6, 6.07) is 7.68. The summed E-state index contributed by atoms with van der Waals surface area (Å²) in [5.41, 5.74) is 4.23. The summed E-state index contributed by atoms with van der Waals surface area (Å²) in [5, 5.41) is 0.955. The Morgan fingerprint density at radius 2 is 2.11 bits per heavy atom. The Hall–Kier alpha value is -0.500. The van der Waals surface area contributed by atoms with E-state index in [1.165, 1.54) is 55.5 Å². The Morgan fingerprint density at radius 3 is 2.78 bits per heavy atom. The molecule has 2 heteroatoms. The smallest absolute Gasteiger partial charge is 0.0371 e. The molecule has 1 aromatic rings. The quantitative estimate of drug-likeness (QED) is 0.706. The van der Waals surface area contributed by atoms with Crippen LogP contribution in [0.15, 0.2) is 18.2 Å². The molecule has 18 heavy (non-hydrogen) atoms. The summed E-state index contributed by atoms with van der Waals surface area (Å²) < 4.78 is 0. The number of anilines is 1. The average molecular weight is 310 g/mol. The Bertz CT molecular complexity index is 389. The molecule has 0 bridgehead atoms. The van der Waals surface area contributed by atoms with Crippen molar-refractivity contribution in [2.45, 2.75) is 57.3 Å². The highest BCUT2D eigenvalue weighted by molar-refractivity contribution is 9.08. The molecule has 1 atom stereocenters. The van der Waals surface area contributed by atoms with Crippen molar-refractivity contribution in [3.8, 4) is 0 Å². The van der Waals surface area contributed by atoms with Crippen LogP contribution in [0, 0.1) is 6.92 Å². The summed E-state index contributed by atoms with van der Waals surface area (Å²) in [4.78, 5) is 2.64. The second-order valence-corrected chi connectivity index (χ2v) is 5.91.